The summed E-state index contributed by atoms with van der Waals surface area (Å²) in [6, 6.07) is 6.81. The molecule has 1 aromatic rings. The summed E-state index contributed by atoms with van der Waals surface area (Å²) in [6.07, 6.45) is 1.34. The molecule has 1 amide bonds. The van der Waals surface area contributed by atoms with Gasteiger partial charge in [0, 0.05) is 37.7 Å². The lowest BCUT2D eigenvalue weighted by Gasteiger charge is -2.23. The van der Waals surface area contributed by atoms with E-state index in [1.54, 1.807) is 12.1 Å². The lowest BCUT2D eigenvalue weighted by molar-refractivity contribution is -0.384. The predicted octanol–water partition coefficient (Wildman–Crippen LogP) is 0.963. The highest BCUT2D eigenvalue weighted by Crippen LogP contribution is 2.13. The molecule has 2 N–H and O–H groups in total. The quantitative estimate of drug-likeness (QED) is 0.615. The molecule has 0 aromatic heterocycles. The fraction of sp³-hybridized carbons (Fsp3) is 0.417. The summed E-state index contributed by atoms with van der Waals surface area (Å²) < 4.78 is 0. The van der Waals surface area contributed by atoms with Crippen molar-refractivity contribution in [2.45, 2.75) is 25.4 Å². The van der Waals surface area contributed by atoms with Crippen molar-refractivity contribution in [3.05, 3.63) is 39.9 Å². The van der Waals surface area contributed by atoms with Crippen LogP contribution in [0.4, 0.5) is 5.69 Å². The van der Waals surface area contributed by atoms with Crippen molar-refractivity contribution < 1.29 is 9.72 Å². The highest BCUT2D eigenvalue weighted by atomic mass is 16.6. The molecule has 0 radical (unpaired) electrons. The number of carbonyl (C=O) groups excluding carboxylic acids is 1. The molecule has 1 heterocycles. The first-order valence-electron chi connectivity index (χ1n) is 5.88. The van der Waals surface area contributed by atoms with Gasteiger partial charge in [-0.15, -0.1) is 0 Å². The standard InChI is InChI=1S/C12H15N3O3/c16-12-5-4-10(8-14-12)13-7-9-2-1-3-11(6-9)15(17)18/h1-3,6,10,13H,4-5,7-8H2,(H,14,16). The Morgan fingerprint density at radius 1 is 1.50 bits per heavy atom. The van der Waals surface area contributed by atoms with Crippen LogP contribution in [-0.2, 0) is 11.3 Å². The average molecular weight is 249 g/mol. The third-order valence-electron chi connectivity index (χ3n) is 2.98. The third kappa shape index (κ3) is 3.27. The molecule has 1 aliphatic heterocycles. The van der Waals surface area contributed by atoms with Gasteiger partial charge in [0.05, 0.1) is 4.92 Å². The van der Waals surface area contributed by atoms with Gasteiger partial charge in [0.15, 0.2) is 0 Å². The van der Waals surface area contributed by atoms with E-state index in [0.29, 0.717) is 19.5 Å². The van der Waals surface area contributed by atoms with Gasteiger partial charge in [0.2, 0.25) is 5.91 Å². The summed E-state index contributed by atoms with van der Waals surface area (Å²) in [5.41, 5.74) is 0.979. The first-order valence-corrected chi connectivity index (χ1v) is 5.88. The summed E-state index contributed by atoms with van der Waals surface area (Å²) >= 11 is 0. The molecular formula is C12H15N3O3. The minimum atomic E-state index is -0.398. The zero-order valence-electron chi connectivity index (χ0n) is 9.89. The molecule has 1 fully saturated rings. The van der Waals surface area contributed by atoms with Gasteiger partial charge >= 0.3 is 0 Å². The Morgan fingerprint density at radius 2 is 2.33 bits per heavy atom. The van der Waals surface area contributed by atoms with Gasteiger partial charge in [-0.25, -0.2) is 0 Å². The lowest BCUT2D eigenvalue weighted by atomic mass is 10.1. The molecule has 1 saturated heterocycles. The molecule has 1 aromatic carbocycles. The maximum atomic E-state index is 11.0. The second kappa shape index (κ2) is 5.59. The zero-order valence-corrected chi connectivity index (χ0v) is 9.89. The van der Waals surface area contributed by atoms with E-state index in [4.69, 9.17) is 0 Å². The molecule has 0 saturated carbocycles. The summed E-state index contributed by atoms with van der Waals surface area (Å²) in [5, 5.41) is 16.7. The Labute approximate surface area is 105 Å². The van der Waals surface area contributed by atoms with Gasteiger partial charge in [-0.3, -0.25) is 14.9 Å². The second-order valence-corrected chi connectivity index (χ2v) is 4.35. The number of benzene rings is 1. The number of hydrogen-bond donors (Lipinski definition) is 2. The molecule has 0 spiro atoms. The molecule has 18 heavy (non-hydrogen) atoms. The third-order valence-corrected chi connectivity index (χ3v) is 2.98. The van der Waals surface area contributed by atoms with Crippen molar-refractivity contribution >= 4 is 11.6 Å². The molecule has 0 bridgehead atoms. The molecule has 0 aliphatic carbocycles. The van der Waals surface area contributed by atoms with Gasteiger partial charge < -0.3 is 10.6 Å². The van der Waals surface area contributed by atoms with Crippen molar-refractivity contribution in [3.8, 4) is 0 Å². The fourth-order valence-corrected chi connectivity index (χ4v) is 1.95. The van der Waals surface area contributed by atoms with E-state index in [-0.39, 0.29) is 17.6 Å². The van der Waals surface area contributed by atoms with Crippen LogP contribution >= 0.6 is 0 Å². The molecule has 1 unspecified atom stereocenters. The molecule has 1 aliphatic rings. The van der Waals surface area contributed by atoms with Crippen LogP contribution < -0.4 is 10.6 Å². The predicted molar refractivity (Wildman–Crippen MR) is 66.0 cm³/mol. The van der Waals surface area contributed by atoms with Crippen LogP contribution in [0.15, 0.2) is 24.3 Å². The largest absolute Gasteiger partial charge is 0.355 e. The van der Waals surface area contributed by atoms with Crippen LogP contribution in [0.5, 0.6) is 0 Å². The Morgan fingerprint density at radius 3 is 3.00 bits per heavy atom. The number of rotatable bonds is 4. The van der Waals surface area contributed by atoms with E-state index in [1.807, 2.05) is 6.07 Å². The van der Waals surface area contributed by atoms with Gasteiger partial charge in [-0.05, 0) is 12.0 Å². The number of piperidine rings is 1. The van der Waals surface area contributed by atoms with Gasteiger partial charge in [-0.1, -0.05) is 12.1 Å². The van der Waals surface area contributed by atoms with E-state index in [2.05, 4.69) is 10.6 Å². The van der Waals surface area contributed by atoms with Gasteiger partial charge in [-0.2, -0.15) is 0 Å². The number of nitrogens with zero attached hydrogens (tertiary/aromatic N) is 1. The van der Waals surface area contributed by atoms with Gasteiger partial charge in [0.25, 0.3) is 5.69 Å². The number of amides is 1. The molecule has 96 valence electrons. The van der Waals surface area contributed by atoms with Crippen molar-refractivity contribution in [1.82, 2.24) is 10.6 Å². The van der Waals surface area contributed by atoms with Crippen molar-refractivity contribution in [2.75, 3.05) is 6.54 Å². The monoisotopic (exact) mass is 249 g/mol. The van der Waals surface area contributed by atoms with E-state index in [0.717, 1.165) is 12.0 Å². The fourth-order valence-electron chi connectivity index (χ4n) is 1.95. The number of nitrogens with one attached hydrogen (secondary N) is 2. The highest BCUT2D eigenvalue weighted by Gasteiger charge is 2.17. The number of nitro groups is 1. The Kier molecular flexibility index (Phi) is 3.88. The number of non-ortho nitro benzene ring substituents is 1. The summed E-state index contributed by atoms with van der Waals surface area (Å²) in [4.78, 5) is 21.2. The van der Waals surface area contributed by atoms with E-state index in [9.17, 15) is 14.9 Å². The van der Waals surface area contributed by atoms with Crippen LogP contribution in [0.3, 0.4) is 0 Å². The normalized spacial score (nSPS) is 19.3. The molecular weight excluding hydrogens is 234 g/mol. The second-order valence-electron chi connectivity index (χ2n) is 4.35. The lowest BCUT2D eigenvalue weighted by Crippen LogP contribution is -2.45. The first kappa shape index (κ1) is 12.5. The minimum Gasteiger partial charge on any atom is -0.355 e. The van der Waals surface area contributed by atoms with Crippen LogP contribution in [-0.4, -0.2) is 23.4 Å². The van der Waals surface area contributed by atoms with Crippen molar-refractivity contribution in [3.63, 3.8) is 0 Å². The molecule has 2 rings (SSSR count). The van der Waals surface area contributed by atoms with Crippen molar-refractivity contribution in [2.24, 2.45) is 0 Å². The first-order chi connectivity index (χ1) is 8.65. The topological polar surface area (TPSA) is 84.3 Å². The maximum absolute atomic E-state index is 11.0. The van der Waals surface area contributed by atoms with Crippen LogP contribution in [0.1, 0.15) is 18.4 Å². The summed E-state index contributed by atoms with van der Waals surface area (Å²) in [7, 11) is 0. The Bertz CT molecular complexity index is 452. The van der Waals surface area contributed by atoms with Crippen molar-refractivity contribution in [1.29, 1.82) is 0 Å². The van der Waals surface area contributed by atoms with E-state index >= 15 is 0 Å². The summed E-state index contributed by atoms with van der Waals surface area (Å²) in [6.45, 7) is 1.19. The SMILES string of the molecule is O=C1CCC(NCc2cccc([N+](=O)[O-])c2)CN1. The number of nitro benzene ring substituents is 1. The number of hydrogen-bond acceptors (Lipinski definition) is 4. The van der Waals surface area contributed by atoms with Crippen LogP contribution in [0.2, 0.25) is 0 Å². The van der Waals surface area contributed by atoms with E-state index in [1.165, 1.54) is 6.07 Å². The molecule has 1 atom stereocenters. The Balaban J connectivity index is 1.88. The maximum Gasteiger partial charge on any atom is 0.269 e. The average Bonchev–Trinajstić information content (AvgIpc) is 2.38. The summed E-state index contributed by atoms with van der Waals surface area (Å²) in [5.74, 6) is 0.0865. The highest BCUT2D eigenvalue weighted by molar-refractivity contribution is 5.76. The van der Waals surface area contributed by atoms with Crippen LogP contribution in [0, 0.1) is 10.1 Å². The minimum absolute atomic E-state index is 0.0865. The smallest absolute Gasteiger partial charge is 0.269 e. The zero-order chi connectivity index (χ0) is 13.0. The van der Waals surface area contributed by atoms with Gasteiger partial charge in [0.1, 0.15) is 0 Å². The Hall–Kier alpha value is -1.95. The van der Waals surface area contributed by atoms with E-state index < -0.39 is 4.92 Å². The number of carbonyl (C=O) groups is 1. The van der Waals surface area contributed by atoms with Crippen LogP contribution in [0.25, 0.3) is 0 Å². The molecule has 6 heteroatoms. The molecule has 6 nitrogen and oxygen atoms in total.